The van der Waals surface area contributed by atoms with Crippen molar-refractivity contribution < 1.29 is 19.5 Å². The summed E-state index contributed by atoms with van der Waals surface area (Å²) >= 11 is 0. The molecular formula is C25H21N3O4. The molecule has 0 spiro atoms. The fourth-order valence-corrected chi connectivity index (χ4v) is 3.73. The minimum Gasteiger partial charge on any atom is -0.480 e. The fourth-order valence-electron chi connectivity index (χ4n) is 3.73. The van der Waals surface area contributed by atoms with E-state index in [-0.39, 0.29) is 5.91 Å². The van der Waals surface area contributed by atoms with Gasteiger partial charge in [-0.2, -0.15) is 0 Å². The zero-order valence-electron chi connectivity index (χ0n) is 17.4. The van der Waals surface area contributed by atoms with Crippen LogP contribution in [0, 0.1) is 0 Å². The van der Waals surface area contributed by atoms with Crippen molar-refractivity contribution >= 4 is 34.9 Å². The Morgan fingerprint density at radius 2 is 1.66 bits per heavy atom. The van der Waals surface area contributed by atoms with Gasteiger partial charge in [0.25, 0.3) is 5.91 Å². The summed E-state index contributed by atoms with van der Waals surface area (Å²) in [5.74, 6) is -2.27. The first kappa shape index (κ1) is 21.0. The number of nitrogens with one attached hydrogen (secondary N) is 1. The maximum absolute atomic E-state index is 12.9. The van der Waals surface area contributed by atoms with Crippen molar-refractivity contribution in [3.8, 4) is 0 Å². The van der Waals surface area contributed by atoms with Gasteiger partial charge in [-0.05, 0) is 35.4 Å². The predicted octanol–water partition coefficient (Wildman–Crippen LogP) is 3.70. The summed E-state index contributed by atoms with van der Waals surface area (Å²) < 4.78 is 0. The van der Waals surface area contributed by atoms with Crippen LogP contribution >= 0.6 is 0 Å². The Bertz CT molecular complexity index is 1220. The summed E-state index contributed by atoms with van der Waals surface area (Å²) in [5, 5.41) is 11.9. The lowest BCUT2D eigenvalue weighted by atomic mass is 9.90. The molecule has 0 bridgehead atoms. The number of likely N-dealkylation sites (N-methyl/N-ethyl adjacent to an activating group) is 1. The summed E-state index contributed by atoms with van der Waals surface area (Å²) in [6.07, 6.45) is 0. The number of nitrogens with zero attached hydrogens (tertiary/aromatic N) is 2. The highest BCUT2D eigenvalue weighted by atomic mass is 16.4. The molecule has 4 rings (SSSR count). The number of hydrogen-bond donors (Lipinski definition) is 2. The quantitative estimate of drug-likeness (QED) is 0.586. The van der Waals surface area contributed by atoms with E-state index < -0.39 is 24.3 Å². The molecule has 7 nitrogen and oxygen atoms in total. The zero-order valence-corrected chi connectivity index (χ0v) is 17.4. The van der Waals surface area contributed by atoms with Gasteiger partial charge in [-0.25, -0.2) is 0 Å². The van der Waals surface area contributed by atoms with E-state index in [1.165, 1.54) is 7.05 Å². The molecule has 0 saturated carbocycles. The van der Waals surface area contributed by atoms with Crippen LogP contribution in [0.1, 0.15) is 27.4 Å². The highest BCUT2D eigenvalue weighted by Crippen LogP contribution is 2.36. The summed E-state index contributed by atoms with van der Waals surface area (Å²) in [5.41, 5.74) is 3.77. The molecule has 0 aromatic heterocycles. The number of fused-ring (bicyclic) bond motifs is 1. The van der Waals surface area contributed by atoms with Crippen molar-refractivity contribution in [3.05, 3.63) is 95.6 Å². The molecule has 3 aromatic rings. The summed E-state index contributed by atoms with van der Waals surface area (Å²) in [6.45, 7) is -0.402. The standard InChI is InChI=1S/C25H21N3O4/c1-28(15-21(29)30)25(32)17-10-7-11-18(14-17)26-23(16-8-3-2-4-9-16)22-19-12-5-6-13-20(19)27-24(22)31/h2-14,22H,15H2,1H3,(H,27,31)(H,29,30). The molecule has 1 aliphatic heterocycles. The average Bonchev–Trinajstić information content (AvgIpc) is 3.13. The van der Waals surface area contributed by atoms with Crippen molar-refractivity contribution in [1.82, 2.24) is 4.90 Å². The fraction of sp³-hybridized carbons (Fsp3) is 0.120. The van der Waals surface area contributed by atoms with Crippen LogP contribution in [0.5, 0.6) is 0 Å². The Hall–Kier alpha value is -4.26. The van der Waals surface area contributed by atoms with E-state index in [1.54, 1.807) is 24.3 Å². The van der Waals surface area contributed by atoms with Crippen molar-refractivity contribution in [3.63, 3.8) is 0 Å². The van der Waals surface area contributed by atoms with Crippen LogP contribution in [-0.2, 0) is 9.59 Å². The van der Waals surface area contributed by atoms with Crippen molar-refractivity contribution in [1.29, 1.82) is 0 Å². The van der Waals surface area contributed by atoms with Crippen LogP contribution in [0.2, 0.25) is 0 Å². The van der Waals surface area contributed by atoms with Crippen LogP contribution in [0.15, 0.2) is 83.9 Å². The summed E-state index contributed by atoms with van der Waals surface area (Å²) in [6, 6.07) is 23.6. The van der Waals surface area contributed by atoms with Crippen molar-refractivity contribution in [2.45, 2.75) is 5.92 Å². The monoisotopic (exact) mass is 427 g/mol. The molecule has 1 heterocycles. The van der Waals surface area contributed by atoms with E-state index in [9.17, 15) is 14.4 Å². The van der Waals surface area contributed by atoms with Gasteiger partial charge in [0, 0.05) is 18.3 Å². The lowest BCUT2D eigenvalue weighted by Gasteiger charge is -2.16. The molecule has 3 aromatic carbocycles. The van der Waals surface area contributed by atoms with E-state index in [4.69, 9.17) is 10.1 Å². The highest BCUT2D eigenvalue weighted by molar-refractivity contribution is 6.24. The van der Waals surface area contributed by atoms with Crippen LogP contribution in [-0.4, -0.2) is 47.1 Å². The third-order valence-corrected chi connectivity index (χ3v) is 5.20. The Balaban J connectivity index is 1.77. The van der Waals surface area contributed by atoms with Gasteiger partial charge >= 0.3 is 5.97 Å². The first-order chi connectivity index (χ1) is 15.4. The van der Waals surface area contributed by atoms with E-state index in [1.807, 2.05) is 54.6 Å². The van der Waals surface area contributed by atoms with Gasteiger partial charge in [0.05, 0.1) is 11.4 Å². The van der Waals surface area contributed by atoms with E-state index in [0.29, 0.717) is 17.0 Å². The Morgan fingerprint density at radius 1 is 0.969 bits per heavy atom. The number of rotatable bonds is 6. The number of aliphatic imine (C=N–C) groups is 1. The second-order valence-corrected chi connectivity index (χ2v) is 7.48. The molecule has 2 amide bonds. The lowest BCUT2D eigenvalue weighted by molar-refractivity contribution is -0.137. The topological polar surface area (TPSA) is 99.1 Å². The van der Waals surface area contributed by atoms with Crippen LogP contribution in [0.3, 0.4) is 0 Å². The minimum atomic E-state index is -1.09. The molecule has 0 saturated heterocycles. The minimum absolute atomic E-state index is 0.165. The molecule has 1 atom stereocenters. The second kappa shape index (κ2) is 8.85. The normalized spacial score (nSPS) is 15.1. The number of anilines is 1. The lowest BCUT2D eigenvalue weighted by Crippen LogP contribution is -2.31. The van der Waals surface area contributed by atoms with Gasteiger partial charge in [0.1, 0.15) is 12.5 Å². The molecule has 2 N–H and O–H groups in total. The van der Waals surface area contributed by atoms with Crippen molar-refractivity contribution in [2.24, 2.45) is 4.99 Å². The third kappa shape index (κ3) is 4.27. The van der Waals surface area contributed by atoms with Gasteiger partial charge < -0.3 is 15.3 Å². The van der Waals surface area contributed by atoms with E-state index in [2.05, 4.69) is 5.32 Å². The zero-order chi connectivity index (χ0) is 22.7. The van der Waals surface area contributed by atoms with Crippen LogP contribution in [0.4, 0.5) is 11.4 Å². The molecule has 7 heteroatoms. The molecule has 1 unspecified atom stereocenters. The molecule has 32 heavy (non-hydrogen) atoms. The highest BCUT2D eigenvalue weighted by Gasteiger charge is 2.35. The van der Waals surface area contributed by atoms with Gasteiger partial charge in [0.2, 0.25) is 5.91 Å². The number of carboxylic acids is 1. The molecule has 0 aliphatic carbocycles. The number of hydrogen-bond acceptors (Lipinski definition) is 4. The average molecular weight is 427 g/mol. The number of carboxylic acid groups (broad SMARTS) is 1. The van der Waals surface area contributed by atoms with E-state index in [0.717, 1.165) is 21.7 Å². The van der Waals surface area contributed by atoms with Gasteiger partial charge in [0.15, 0.2) is 0 Å². The van der Waals surface area contributed by atoms with E-state index >= 15 is 0 Å². The number of para-hydroxylation sites is 1. The SMILES string of the molecule is CN(CC(=O)O)C(=O)c1cccc(N=C(c2ccccc2)C2C(=O)Nc3ccccc32)c1. The molecule has 160 valence electrons. The molecule has 1 aliphatic rings. The summed E-state index contributed by atoms with van der Waals surface area (Å²) in [7, 11) is 1.43. The van der Waals surface area contributed by atoms with Gasteiger partial charge in [-0.15, -0.1) is 0 Å². The first-order valence-corrected chi connectivity index (χ1v) is 10.0. The number of carbonyl (C=O) groups is 3. The molecule has 0 radical (unpaired) electrons. The third-order valence-electron chi connectivity index (χ3n) is 5.20. The Kier molecular flexibility index (Phi) is 5.81. The Morgan fingerprint density at radius 3 is 2.41 bits per heavy atom. The maximum Gasteiger partial charge on any atom is 0.323 e. The first-order valence-electron chi connectivity index (χ1n) is 10.0. The van der Waals surface area contributed by atoms with Crippen molar-refractivity contribution in [2.75, 3.05) is 18.9 Å². The van der Waals surface area contributed by atoms with Gasteiger partial charge in [-0.3, -0.25) is 19.4 Å². The Labute approximate surface area is 185 Å². The summed E-state index contributed by atoms with van der Waals surface area (Å²) in [4.78, 5) is 42.4. The second-order valence-electron chi connectivity index (χ2n) is 7.48. The van der Waals surface area contributed by atoms with Crippen LogP contribution < -0.4 is 5.32 Å². The van der Waals surface area contributed by atoms with Crippen LogP contribution in [0.25, 0.3) is 0 Å². The smallest absolute Gasteiger partial charge is 0.323 e. The molecular weight excluding hydrogens is 406 g/mol. The predicted molar refractivity (Wildman–Crippen MR) is 121 cm³/mol. The largest absolute Gasteiger partial charge is 0.480 e. The number of benzene rings is 3. The number of carbonyl (C=O) groups excluding carboxylic acids is 2. The number of aliphatic carboxylic acids is 1. The van der Waals surface area contributed by atoms with Gasteiger partial charge in [-0.1, -0.05) is 54.6 Å². The molecule has 0 fully saturated rings. The maximum atomic E-state index is 12.9. The number of amides is 2.